The predicted octanol–water partition coefficient (Wildman–Crippen LogP) is 4.95. The first kappa shape index (κ1) is 18.3. The van der Waals surface area contributed by atoms with Crippen molar-refractivity contribution in [3.05, 3.63) is 92.6 Å². The summed E-state index contributed by atoms with van der Waals surface area (Å²) in [7, 11) is 0. The van der Waals surface area contributed by atoms with E-state index in [1.54, 1.807) is 18.2 Å². The molecular weight excluding hydrogens is 425 g/mol. The third kappa shape index (κ3) is 4.09. The molecule has 1 heterocycles. The number of aromatic amines is 2. The molecule has 7 heteroatoms. The highest BCUT2D eigenvalue weighted by Gasteiger charge is 2.08. The number of hydrogen-bond donors (Lipinski definition) is 3. The number of hydrogen-bond acceptors (Lipinski definition) is 3. The van der Waals surface area contributed by atoms with Crippen molar-refractivity contribution in [2.75, 3.05) is 5.32 Å². The van der Waals surface area contributed by atoms with Gasteiger partial charge in [0, 0.05) is 27.8 Å². The zero-order valence-corrected chi connectivity index (χ0v) is 16.3. The van der Waals surface area contributed by atoms with Crippen LogP contribution in [0.2, 0.25) is 0 Å². The molecule has 0 saturated heterocycles. The first-order valence-corrected chi connectivity index (χ1v) is 9.48. The number of benzene rings is 3. The molecule has 0 aliphatic carbocycles. The minimum absolute atomic E-state index is 0.151. The fourth-order valence-electron chi connectivity index (χ4n) is 2.94. The molecule has 142 valence electrons. The normalized spacial score (nSPS) is 10.9. The average molecular weight is 442 g/mol. The predicted molar refractivity (Wildman–Crippen MR) is 111 cm³/mol. The molecule has 0 spiro atoms. The lowest BCUT2D eigenvalue weighted by Gasteiger charge is -2.14. The van der Waals surface area contributed by atoms with Crippen LogP contribution in [0.5, 0.6) is 5.75 Å². The Morgan fingerprint density at radius 3 is 2.64 bits per heavy atom. The summed E-state index contributed by atoms with van der Waals surface area (Å²) < 4.78 is 20.6. The van der Waals surface area contributed by atoms with Gasteiger partial charge in [-0.3, -0.25) is 0 Å². The monoisotopic (exact) mass is 441 g/mol. The van der Waals surface area contributed by atoms with Crippen molar-refractivity contribution in [2.24, 2.45) is 0 Å². The van der Waals surface area contributed by atoms with Crippen molar-refractivity contribution < 1.29 is 9.13 Å². The topological polar surface area (TPSA) is 69.9 Å². The van der Waals surface area contributed by atoms with Gasteiger partial charge in [-0.2, -0.15) is 0 Å². The minimum atomic E-state index is -0.284. The third-order valence-electron chi connectivity index (χ3n) is 4.36. The molecule has 5 nitrogen and oxygen atoms in total. The maximum Gasteiger partial charge on any atom is 0.323 e. The second-order valence-electron chi connectivity index (χ2n) is 6.33. The number of H-pyrrole nitrogens is 2. The maximum atomic E-state index is 13.8. The van der Waals surface area contributed by atoms with Gasteiger partial charge in [0.2, 0.25) is 0 Å². The number of fused-ring (bicyclic) bond motifs is 1. The van der Waals surface area contributed by atoms with Gasteiger partial charge in [0.25, 0.3) is 0 Å². The van der Waals surface area contributed by atoms with Crippen LogP contribution in [-0.4, -0.2) is 9.97 Å². The first-order chi connectivity index (χ1) is 13.6. The van der Waals surface area contributed by atoms with E-state index in [1.165, 1.54) is 6.07 Å². The highest BCUT2D eigenvalue weighted by Crippen LogP contribution is 2.26. The Balaban J connectivity index is 1.50. The summed E-state index contributed by atoms with van der Waals surface area (Å²) in [5.41, 5.74) is 3.55. The van der Waals surface area contributed by atoms with Gasteiger partial charge < -0.3 is 20.0 Å². The summed E-state index contributed by atoms with van der Waals surface area (Å²) in [6.45, 7) is 0.657. The molecule has 3 N–H and O–H groups in total. The van der Waals surface area contributed by atoms with Gasteiger partial charge in [0.1, 0.15) is 18.2 Å². The zero-order chi connectivity index (χ0) is 19.5. The van der Waals surface area contributed by atoms with Gasteiger partial charge in [-0.15, -0.1) is 0 Å². The van der Waals surface area contributed by atoms with Gasteiger partial charge in [0.05, 0.1) is 11.0 Å². The lowest BCUT2D eigenvalue weighted by atomic mass is 10.2. The minimum Gasteiger partial charge on any atom is -0.488 e. The molecule has 4 rings (SSSR count). The summed E-state index contributed by atoms with van der Waals surface area (Å²) in [5.74, 6) is 0.392. The Bertz CT molecular complexity index is 1190. The molecule has 1 aromatic heterocycles. The molecule has 0 saturated carbocycles. The number of nitrogens with one attached hydrogen (secondary N) is 3. The molecule has 0 unspecified atom stereocenters. The van der Waals surface area contributed by atoms with Crippen LogP contribution in [0.15, 0.2) is 69.9 Å². The first-order valence-electron chi connectivity index (χ1n) is 8.69. The summed E-state index contributed by atoms with van der Waals surface area (Å²) in [4.78, 5) is 16.9. The Kier molecular flexibility index (Phi) is 5.16. The van der Waals surface area contributed by atoms with Crippen molar-refractivity contribution >= 4 is 32.7 Å². The smallest absolute Gasteiger partial charge is 0.323 e. The number of halogens is 2. The molecule has 0 aliphatic rings. The molecule has 0 fully saturated rings. The van der Waals surface area contributed by atoms with Crippen LogP contribution in [-0.2, 0) is 13.2 Å². The fourth-order valence-corrected chi connectivity index (χ4v) is 3.35. The molecule has 0 atom stereocenters. The number of rotatable bonds is 6. The summed E-state index contributed by atoms with van der Waals surface area (Å²) in [6, 6.07) is 17.9. The standard InChI is InChI=1S/C21H17BrFN3O2/c22-15-5-8-20(28-12-13-3-1-2-4-17(13)23)14(9-15)11-24-16-6-7-18-19(10-16)26-21(27)25-18/h1-10,24H,11-12H2,(H2,25,26,27). The molecule has 0 bridgehead atoms. The van der Waals surface area contributed by atoms with E-state index in [0.717, 1.165) is 26.8 Å². The lowest BCUT2D eigenvalue weighted by molar-refractivity contribution is 0.297. The number of imidazole rings is 1. The average Bonchev–Trinajstić information content (AvgIpc) is 3.06. The van der Waals surface area contributed by atoms with E-state index in [1.807, 2.05) is 36.4 Å². The zero-order valence-electron chi connectivity index (χ0n) is 14.8. The van der Waals surface area contributed by atoms with Gasteiger partial charge in [-0.25, -0.2) is 9.18 Å². The van der Waals surface area contributed by atoms with E-state index in [-0.39, 0.29) is 18.1 Å². The van der Waals surface area contributed by atoms with Crippen LogP contribution in [0, 0.1) is 5.82 Å². The number of ether oxygens (including phenoxy) is 1. The van der Waals surface area contributed by atoms with Crippen LogP contribution >= 0.6 is 15.9 Å². The van der Waals surface area contributed by atoms with Crippen molar-refractivity contribution in [2.45, 2.75) is 13.2 Å². The van der Waals surface area contributed by atoms with E-state index in [2.05, 4.69) is 31.2 Å². The van der Waals surface area contributed by atoms with Gasteiger partial charge in [-0.05, 0) is 42.5 Å². The van der Waals surface area contributed by atoms with E-state index in [0.29, 0.717) is 17.9 Å². The summed E-state index contributed by atoms with van der Waals surface area (Å²) in [5, 5.41) is 3.33. The SMILES string of the molecule is O=c1[nH]c2ccc(NCc3cc(Br)ccc3OCc3ccccc3F)cc2[nH]1. The Labute approximate surface area is 168 Å². The second kappa shape index (κ2) is 7.90. The summed E-state index contributed by atoms with van der Waals surface area (Å²) >= 11 is 3.48. The molecule has 4 aromatic rings. The van der Waals surface area contributed by atoms with Crippen molar-refractivity contribution in [1.29, 1.82) is 0 Å². The molecule has 3 aromatic carbocycles. The van der Waals surface area contributed by atoms with Gasteiger partial charge in [-0.1, -0.05) is 34.1 Å². The van der Waals surface area contributed by atoms with Crippen LogP contribution in [0.4, 0.5) is 10.1 Å². The Hall–Kier alpha value is -3.06. The Morgan fingerprint density at radius 1 is 0.964 bits per heavy atom. The second-order valence-corrected chi connectivity index (χ2v) is 7.24. The largest absolute Gasteiger partial charge is 0.488 e. The van der Waals surface area contributed by atoms with Crippen LogP contribution < -0.4 is 15.7 Å². The highest BCUT2D eigenvalue weighted by atomic mass is 79.9. The van der Waals surface area contributed by atoms with E-state index < -0.39 is 0 Å². The Morgan fingerprint density at radius 2 is 1.79 bits per heavy atom. The summed E-state index contributed by atoms with van der Waals surface area (Å²) in [6.07, 6.45) is 0. The molecule has 28 heavy (non-hydrogen) atoms. The molecule has 0 radical (unpaired) electrons. The molecule has 0 amide bonds. The van der Waals surface area contributed by atoms with E-state index >= 15 is 0 Å². The maximum absolute atomic E-state index is 13.8. The quantitative estimate of drug-likeness (QED) is 0.396. The van der Waals surface area contributed by atoms with Gasteiger partial charge in [0.15, 0.2) is 0 Å². The third-order valence-corrected chi connectivity index (χ3v) is 4.86. The molecular formula is C21H17BrFN3O2. The van der Waals surface area contributed by atoms with Crippen LogP contribution in [0.3, 0.4) is 0 Å². The van der Waals surface area contributed by atoms with Crippen molar-refractivity contribution in [3.8, 4) is 5.75 Å². The highest BCUT2D eigenvalue weighted by molar-refractivity contribution is 9.10. The lowest BCUT2D eigenvalue weighted by Crippen LogP contribution is -2.04. The van der Waals surface area contributed by atoms with E-state index in [4.69, 9.17) is 4.74 Å². The van der Waals surface area contributed by atoms with Crippen molar-refractivity contribution in [1.82, 2.24) is 9.97 Å². The molecule has 0 aliphatic heterocycles. The van der Waals surface area contributed by atoms with Crippen LogP contribution in [0.1, 0.15) is 11.1 Å². The van der Waals surface area contributed by atoms with E-state index in [9.17, 15) is 9.18 Å². The number of anilines is 1. The fraction of sp³-hybridized carbons (Fsp3) is 0.0952. The number of aromatic nitrogens is 2. The van der Waals surface area contributed by atoms with Gasteiger partial charge >= 0.3 is 5.69 Å². The van der Waals surface area contributed by atoms with Crippen LogP contribution in [0.25, 0.3) is 11.0 Å². The van der Waals surface area contributed by atoms with Crippen molar-refractivity contribution in [3.63, 3.8) is 0 Å².